The van der Waals surface area contributed by atoms with Crippen LogP contribution < -0.4 is 0 Å². The molecule has 5 nitrogen and oxygen atoms in total. The first-order valence-corrected chi connectivity index (χ1v) is 11.7. The van der Waals surface area contributed by atoms with Crippen LogP contribution >= 0.6 is 0 Å². The largest absolute Gasteiger partial charge is 0.461 e. The minimum Gasteiger partial charge on any atom is -0.461 e. The van der Waals surface area contributed by atoms with E-state index in [4.69, 9.17) is 9.15 Å². The molecule has 4 rings (SSSR count). The number of nitrogens with zero attached hydrogens (tertiary/aromatic N) is 3. The molecule has 0 amide bonds. The molecule has 0 radical (unpaired) electrons. The molecule has 0 bridgehead atoms. The van der Waals surface area contributed by atoms with Crippen LogP contribution in [0.5, 0.6) is 0 Å². The summed E-state index contributed by atoms with van der Waals surface area (Å²) in [7, 11) is 1.78. The number of furan rings is 1. The van der Waals surface area contributed by atoms with Crippen molar-refractivity contribution in [1.29, 1.82) is 0 Å². The maximum absolute atomic E-state index is 5.78. The lowest BCUT2D eigenvalue weighted by Crippen LogP contribution is -2.39. The van der Waals surface area contributed by atoms with Crippen LogP contribution in [0.25, 0.3) is 11.3 Å². The molecule has 0 saturated carbocycles. The molecule has 3 aromatic rings. The van der Waals surface area contributed by atoms with Crippen molar-refractivity contribution in [3.63, 3.8) is 0 Å². The molecule has 1 fully saturated rings. The number of piperidine rings is 1. The van der Waals surface area contributed by atoms with Gasteiger partial charge in [-0.3, -0.25) is 9.88 Å². The third-order valence-electron chi connectivity index (χ3n) is 6.38. The fourth-order valence-electron chi connectivity index (χ4n) is 4.53. The summed E-state index contributed by atoms with van der Waals surface area (Å²) in [6, 6.07) is 17.1. The highest BCUT2D eigenvalue weighted by atomic mass is 16.5. The number of pyridine rings is 1. The lowest BCUT2D eigenvalue weighted by atomic mass is 9.95. The normalized spacial score (nSPS) is 15.5. The standard InChI is InChI=1S/C27H35N3O2/c1-22-3-8-27(32-22)26-6-4-23(5-7-26)19-30(20-24-9-13-28-14-10-24)21-25-11-15-29(16-12-25)17-18-31-2/h3-10,13-14,25H,11-12,15-21H2,1-2H3. The Balaban J connectivity index is 1.39. The fraction of sp³-hybridized carbons (Fsp3) is 0.444. The van der Waals surface area contributed by atoms with Crippen LogP contribution in [0.4, 0.5) is 0 Å². The molecule has 1 aromatic carbocycles. The Morgan fingerprint density at radius 3 is 2.28 bits per heavy atom. The van der Waals surface area contributed by atoms with Crippen molar-refractivity contribution in [1.82, 2.24) is 14.8 Å². The molecule has 5 heteroatoms. The van der Waals surface area contributed by atoms with E-state index in [1.807, 2.05) is 31.5 Å². The van der Waals surface area contributed by atoms with E-state index in [2.05, 4.69) is 51.2 Å². The van der Waals surface area contributed by atoms with E-state index < -0.39 is 0 Å². The number of hydrogen-bond donors (Lipinski definition) is 0. The van der Waals surface area contributed by atoms with Crippen molar-refractivity contribution in [2.45, 2.75) is 32.9 Å². The summed E-state index contributed by atoms with van der Waals surface area (Å²) in [5, 5.41) is 0. The van der Waals surface area contributed by atoms with Crippen LogP contribution in [0.3, 0.4) is 0 Å². The second-order valence-corrected chi connectivity index (χ2v) is 8.91. The summed E-state index contributed by atoms with van der Waals surface area (Å²) < 4.78 is 11.0. The molecular formula is C27H35N3O2. The van der Waals surface area contributed by atoms with Gasteiger partial charge in [0.25, 0.3) is 0 Å². The summed E-state index contributed by atoms with van der Waals surface area (Å²) >= 11 is 0. The number of benzene rings is 1. The van der Waals surface area contributed by atoms with Gasteiger partial charge in [-0.2, -0.15) is 0 Å². The first-order chi connectivity index (χ1) is 15.7. The van der Waals surface area contributed by atoms with Crippen LogP contribution in [0.1, 0.15) is 29.7 Å². The number of aryl methyl sites for hydroxylation is 1. The Morgan fingerprint density at radius 1 is 0.969 bits per heavy atom. The number of aromatic nitrogens is 1. The number of ether oxygens (including phenoxy) is 1. The van der Waals surface area contributed by atoms with E-state index in [0.29, 0.717) is 0 Å². The van der Waals surface area contributed by atoms with Gasteiger partial charge >= 0.3 is 0 Å². The molecule has 2 aromatic heterocycles. The summed E-state index contributed by atoms with van der Waals surface area (Å²) in [6.07, 6.45) is 6.30. The maximum Gasteiger partial charge on any atom is 0.134 e. The van der Waals surface area contributed by atoms with Gasteiger partial charge in [0.15, 0.2) is 0 Å². The van der Waals surface area contributed by atoms with Gasteiger partial charge in [0.1, 0.15) is 11.5 Å². The van der Waals surface area contributed by atoms with Crippen LogP contribution in [0.15, 0.2) is 65.3 Å². The van der Waals surface area contributed by atoms with Gasteiger partial charge in [-0.15, -0.1) is 0 Å². The SMILES string of the molecule is COCCN1CCC(CN(Cc2ccncc2)Cc2ccc(-c3ccc(C)o3)cc2)CC1. The maximum atomic E-state index is 5.78. The van der Waals surface area contributed by atoms with Gasteiger partial charge in [-0.1, -0.05) is 24.3 Å². The van der Waals surface area contributed by atoms with Crippen molar-refractivity contribution in [2.75, 3.05) is 39.9 Å². The highest BCUT2D eigenvalue weighted by molar-refractivity contribution is 5.57. The third-order valence-corrected chi connectivity index (χ3v) is 6.38. The molecule has 3 heterocycles. The summed E-state index contributed by atoms with van der Waals surface area (Å²) in [5.41, 5.74) is 3.79. The first-order valence-electron chi connectivity index (χ1n) is 11.7. The van der Waals surface area contributed by atoms with E-state index in [-0.39, 0.29) is 0 Å². The van der Waals surface area contributed by atoms with E-state index >= 15 is 0 Å². The minimum atomic E-state index is 0.737. The fourth-order valence-corrected chi connectivity index (χ4v) is 4.53. The number of likely N-dealkylation sites (tertiary alicyclic amines) is 1. The molecule has 0 aliphatic carbocycles. The lowest BCUT2D eigenvalue weighted by Gasteiger charge is -2.35. The molecule has 1 saturated heterocycles. The van der Waals surface area contributed by atoms with Crippen molar-refractivity contribution in [3.8, 4) is 11.3 Å². The van der Waals surface area contributed by atoms with Crippen LogP contribution in [0, 0.1) is 12.8 Å². The predicted molar refractivity (Wildman–Crippen MR) is 128 cm³/mol. The summed E-state index contributed by atoms with van der Waals surface area (Å²) in [6.45, 7) is 9.23. The van der Waals surface area contributed by atoms with Gasteiger partial charge in [0, 0.05) is 51.2 Å². The Labute approximate surface area is 192 Å². The van der Waals surface area contributed by atoms with E-state index in [1.165, 1.54) is 37.1 Å². The van der Waals surface area contributed by atoms with Crippen LogP contribution in [-0.2, 0) is 17.8 Å². The molecule has 0 atom stereocenters. The zero-order chi connectivity index (χ0) is 22.2. The first kappa shape index (κ1) is 22.7. The van der Waals surface area contributed by atoms with Crippen molar-refractivity contribution in [2.24, 2.45) is 5.92 Å². The second-order valence-electron chi connectivity index (χ2n) is 8.91. The highest BCUT2D eigenvalue weighted by Gasteiger charge is 2.21. The topological polar surface area (TPSA) is 41.7 Å². The summed E-state index contributed by atoms with van der Waals surface area (Å²) in [4.78, 5) is 9.31. The van der Waals surface area contributed by atoms with Crippen molar-refractivity contribution < 1.29 is 9.15 Å². The number of methoxy groups -OCH3 is 1. The van der Waals surface area contributed by atoms with Crippen LogP contribution in [-0.4, -0.2) is 54.7 Å². The Bertz CT molecular complexity index is 931. The average Bonchev–Trinajstić information content (AvgIpc) is 3.26. The Kier molecular flexibility index (Phi) is 8.10. The molecule has 0 unspecified atom stereocenters. The molecule has 0 N–H and O–H groups in total. The van der Waals surface area contributed by atoms with Gasteiger partial charge in [-0.25, -0.2) is 0 Å². The molecule has 1 aliphatic heterocycles. The van der Waals surface area contributed by atoms with Gasteiger partial charge < -0.3 is 14.1 Å². The van der Waals surface area contributed by atoms with Crippen LogP contribution in [0.2, 0.25) is 0 Å². The average molecular weight is 434 g/mol. The predicted octanol–water partition coefficient (Wildman–Crippen LogP) is 5.01. The smallest absolute Gasteiger partial charge is 0.134 e. The number of rotatable bonds is 10. The lowest BCUT2D eigenvalue weighted by molar-refractivity contribution is 0.104. The molecule has 32 heavy (non-hydrogen) atoms. The Morgan fingerprint density at radius 2 is 1.66 bits per heavy atom. The quantitative estimate of drug-likeness (QED) is 0.450. The zero-order valence-electron chi connectivity index (χ0n) is 19.4. The van der Waals surface area contributed by atoms with E-state index in [0.717, 1.165) is 55.8 Å². The molecule has 0 spiro atoms. The zero-order valence-corrected chi connectivity index (χ0v) is 19.4. The number of hydrogen-bond acceptors (Lipinski definition) is 5. The van der Waals surface area contributed by atoms with Gasteiger partial charge in [-0.05, 0) is 74.2 Å². The Hall–Kier alpha value is -2.47. The van der Waals surface area contributed by atoms with Crippen molar-refractivity contribution in [3.05, 3.63) is 77.8 Å². The van der Waals surface area contributed by atoms with E-state index in [9.17, 15) is 0 Å². The monoisotopic (exact) mass is 433 g/mol. The van der Waals surface area contributed by atoms with Crippen molar-refractivity contribution >= 4 is 0 Å². The molecule has 170 valence electrons. The third kappa shape index (κ3) is 6.52. The highest BCUT2D eigenvalue weighted by Crippen LogP contribution is 2.24. The van der Waals surface area contributed by atoms with E-state index in [1.54, 1.807) is 7.11 Å². The molecule has 1 aliphatic rings. The molecular weight excluding hydrogens is 398 g/mol. The second kappa shape index (κ2) is 11.4. The minimum absolute atomic E-state index is 0.737. The van der Waals surface area contributed by atoms with Gasteiger partial charge in [0.05, 0.1) is 6.61 Å². The van der Waals surface area contributed by atoms with Gasteiger partial charge in [0.2, 0.25) is 0 Å². The summed E-state index contributed by atoms with van der Waals surface area (Å²) in [5.74, 6) is 2.62.